The highest BCUT2D eigenvalue weighted by atomic mass is 35.5. The first-order valence-corrected chi connectivity index (χ1v) is 9.37. The number of hydrazone groups is 1. The molecule has 0 aliphatic carbocycles. The van der Waals surface area contributed by atoms with Crippen molar-refractivity contribution in [1.82, 2.24) is 9.99 Å². The van der Waals surface area contributed by atoms with Gasteiger partial charge in [-0.2, -0.15) is 5.10 Å². The summed E-state index contributed by atoms with van der Waals surface area (Å²) in [5.41, 5.74) is 8.33. The Morgan fingerprint density at radius 1 is 1.15 bits per heavy atom. The molecule has 0 atom stereocenters. The SMILES string of the molecule is Cc1cccc(NC(=S)N/N=C/c2cccn2Cc2cccc(Cl)c2)c1C. The summed E-state index contributed by atoms with van der Waals surface area (Å²) in [6.07, 6.45) is 3.76. The highest BCUT2D eigenvalue weighted by molar-refractivity contribution is 7.80. The number of hydrogen-bond acceptors (Lipinski definition) is 2. The summed E-state index contributed by atoms with van der Waals surface area (Å²) < 4.78 is 2.10. The number of aryl methyl sites for hydroxylation is 1. The number of rotatable bonds is 5. The molecular weight excluding hydrogens is 376 g/mol. The van der Waals surface area contributed by atoms with Crippen molar-refractivity contribution in [3.8, 4) is 0 Å². The summed E-state index contributed by atoms with van der Waals surface area (Å²) in [4.78, 5) is 0. The molecule has 3 aromatic rings. The van der Waals surface area contributed by atoms with Crippen molar-refractivity contribution >= 4 is 40.8 Å². The molecule has 2 N–H and O–H groups in total. The van der Waals surface area contributed by atoms with Gasteiger partial charge in [-0.25, -0.2) is 0 Å². The zero-order valence-corrected chi connectivity index (χ0v) is 16.8. The summed E-state index contributed by atoms with van der Waals surface area (Å²) in [5, 5.41) is 8.62. The molecule has 0 saturated heterocycles. The van der Waals surface area contributed by atoms with Crippen LogP contribution in [0, 0.1) is 13.8 Å². The van der Waals surface area contributed by atoms with Gasteiger partial charge in [-0.05, 0) is 73.1 Å². The maximum atomic E-state index is 6.06. The van der Waals surface area contributed by atoms with Crippen LogP contribution >= 0.6 is 23.8 Å². The van der Waals surface area contributed by atoms with E-state index in [9.17, 15) is 0 Å². The average molecular weight is 397 g/mol. The lowest BCUT2D eigenvalue weighted by Crippen LogP contribution is -2.24. The van der Waals surface area contributed by atoms with Crippen LogP contribution in [0.25, 0.3) is 0 Å². The minimum Gasteiger partial charge on any atom is -0.342 e. The van der Waals surface area contributed by atoms with Gasteiger partial charge >= 0.3 is 0 Å². The second kappa shape index (κ2) is 8.84. The highest BCUT2D eigenvalue weighted by Gasteiger charge is 2.03. The van der Waals surface area contributed by atoms with Crippen LogP contribution in [0.3, 0.4) is 0 Å². The van der Waals surface area contributed by atoms with Crippen LogP contribution in [0.4, 0.5) is 5.69 Å². The summed E-state index contributed by atoms with van der Waals surface area (Å²) >= 11 is 11.4. The van der Waals surface area contributed by atoms with Gasteiger partial charge in [-0.15, -0.1) is 0 Å². The van der Waals surface area contributed by atoms with Gasteiger partial charge < -0.3 is 9.88 Å². The van der Waals surface area contributed by atoms with Gasteiger partial charge in [0, 0.05) is 23.5 Å². The quantitative estimate of drug-likeness (QED) is 0.357. The van der Waals surface area contributed by atoms with Gasteiger partial charge in [-0.1, -0.05) is 35.9 Å². The second-order valence-corrected chi connectivity index (χ2v) is 7.11. The van der Waals surface area contributed by atoms with Crippen LogP contribution in [0.1, 0.15) is 22.4 Å². The first-order chi connectivity index (χ1) is 13.0. The number of nitrogens with zero attached hydrogens (tertiary/aromatic N) is 2. The lowest BCUT2D eigenvalue weighted by atomic mass is 10.1. The van der Waals surface area contributed by atoms with E-state index in [1.807, 2.05) is 54.7 Å². The van der Waals surface area contributed by atoms with Gasteiger partial charge in [0.25, 0.3) is 0 Å². The van der Waals surface area contributed by atoms with Crippen LogP contribution in [0.2, 0.25) is 5.02 Å². The highest BCUT2D eigenvalue weighted by Crippen LogP contribution is 2.17. The van der Waals surface area contributed by atoms with Crippen LogP contribution in [-0.4, -0.2) is 15.9 Å². The average Bonchev–Trinajstić information content (AvgIpc) is 3.06. The number of aromatic nitrogens is 1. The molecule has 0 radical (unpaired) electrons. The molecule has 6 heteroatoms. The predicted octanol–water partition coefficient (Wildman–Crippen LogP) is 5.13. The molecule has 0 saturated carbocycles. The number of nitrogens with one attached hydrogen (secondary N) is 2. The largest absolute Gasteiger partial charge is 0.342 e. The Morgan fingerprint density at radius 3 is 2.78 bits per heavy atom. The van der Waals surface area contributed by atoms with Crippen molar-refractivity contribution in [1.29, 1.82) is 0 Å². The fourth-order valence-electron chi connectivity index (χ4n) is 2.71. The molecule has 0 fully saturated rings. The van der Waals surface area contributed by atoms with Gasteiger partial charge in [0.1, 0.15) is 0 Å². The molecule has 0 spiro atoms. The van der Waals surface area contributed by atoms with Gasteiger partial charge in [0.15, 0.2) is 5.11 Å². The monoisotopic (exact) mass is 396 g/mol. The van der Waals surface area contributed by atoms with Crippen molar-refractivity contribution in [2.24, 2.45) is 5.10 Å². The molecule has 4 nitrogen and oxygen atoms in total. The molecule has 138 valence electrons. The van der Waals surface area contributed by atoms with Crippen LogP contribution in [0.5, 0.6) is 0 Å². The van der Waals surface area contributed by atoms with E-state index >= 15 is 0 Å². The number of halogens is 1. The van der Waals surface area contributed by atoms with E-state index in [1.54, 1.807) is 6.21 Å². The third-order valence-electron chi connectivity index (χ3n) is 4.32. The standard InChI is InChI=1S/C21H21ClN4S/c1-15-6-3-10-20(16(15)2)24-21(27)25-23-13-19-9-5-11-26(19)14-17-7-4-8-18(22)12-17/h3-13H,14H2,1-2H3,(H2,24,25,27)/b23-13+. The topological polar surface area (TPSA) is 41.4 Å². The van der Waals surface area contributed by atoms with Crippen LogP contribution in [0.15, 0.2) is 65.9 Å². The maximum Gasteiger partial charge on any atom is 0.191 e. The zero-order chi connectivity index (χ0) is 19.2. The molecule has 0 amide bonds. The molecule has 0 aliphatic rings. The number of thiocarbonyl (C=S) groups is 1. The summed E-state index contributed by atoms with van der Waals surface area (Å²) in [6.45, 7) is 4.86. The van der Waals surface area contributed by atoms with E-state index in [0.717, 1.165) is 28.5 Å². The van der Waals surface area contributed by atoms with E-state index in [4.69, 9.17) is 23.8 Å². The van der Waals surface area contributed by atoms with E-state index < -0.39 is 0 Å². The first-order valence-electron chi connectivity index (χ1n) is 8.59. The molecule has 1 heterocycles. The summed E-state index contributed by atoms with van der Waals surface area (Å²) in [7, 11) is 0. The number of hydrogen-bond donors (Lipinski definition) is 2. The van der Waals surface area contributed by atoms with E-state index in [1.165, 1.54) is 11.1 Å². The number of anilines is 1. The Bertz CT molecular complexity index is 978. The van der Waals surface area contributed by atoms with E-state index in [0.29, 0.717) is 5.11 Å². The first kappa shape index (κ1) is 19.1. The Kier molecular flexibility index (Phi) is 6.27. The van der Waals surface area contributed by atoms with Gasteiger partial charge in [-0.3, -0.25) is 5.43 Å². The molecule has 2 aromatic carbocycles. The van der Waals surface area contributed by atoms with Crippen LogP contribution < -0.4 is 10.7 Å². The predicted molar refractivity (Wildman–Crippen MR) is 118 cm³/mol. The Balaban J connectivity index is 1.61. The van der Waals surface area contributed by atoms with Crippen molar-refractivity contribution in [3.05, 3.63) is 88.2 Å². The second-order valence-electron chi connectivity index (χ2n) is 6.26. The molecule has 27 heavy (non-hydrogen) atoms. The third-order valence-corrected chi connectivity index (χ3v) is 4.75. The van der Waals surface area contributed by atoms with E-state index in [2.05, 4.69) is 40.3 Å². The molecule has 1 aromatic heterocycles. The van der Waals surface area contributed by atoms with E-state index in [-0.39, 0.29) is 0 Å². The molecular formula is C21H21ClN4S. The Labute approximate surface area is 169 Å². The normalized spacial score (nSPS) is 10.9. The summed E-state index contributed by atoms with van der Waals surface area (Å²) in [5.74, 6) is 0. The lowest BCUT2D eigenvalue weighted by Gasteiger charge is -2.11. The van der Waals surface area contributed by atoms with Crippen molar-refractivity contribution in [2.45, 2.75) is 20.4 Å². The molecule has 0 aliphatic heterocycles. The Morgan fingerprint density at radius 2 is 1.96 bits per heavy atom. The van der Waals surface area contributed by atoms with Gasteiger partial charge in [0.2, 0.25) is 0 Å². The third kappa shape index (κ3) is 5.18. The smallest absolute Gasteiger partial charge is 0.191 e. The molecule has 0 unspecified atom stereocenters. The number of benzene rings is 2. The summed E-state index contributed by atoms with van der Waals surface area (Å²) in [6, 6.07) is 17.9. The maximum absolute atomic E-state index is 6.06. The zero-order valence-electron chi connectivity index (χ0n) is 15.2. The Hall–Kier alpha value is -2.63. The van der Waals surface area contributed by atoms with Crippen molar-refractivity contribution in [3.63, 3.8) is 0 Å². The fraction of sp³-hybridized carbons (Fsp3) is 0.143. The molecule has 0 bridgehead atoms. The lowest BCUT2D eigenvalue weighted by molar-refractivity contribution is 0.799. The van der Waals surface area contributed by atoms with Crippen LogP contribution in [-0.2, 0) is 6.54 Å². The minimum absolute atomic E-state index is 0.452. The fourth-order valence-corrected chi connectivity index (χ4v) is 3.09. The van der Waals surface area contributed by atoms with Crippen molar-refractivity contribution < 1.29 is 0 Å². The minimum atomic E-state index is 0.452. The molecule has 3 rings (SSSR count). The van der Waals surface area contributed by atoms with Crippen molar-refractivity contribution in [2.75, 3.05) is 5.32 Å². The van der Waals surface area contributed by atoms with Gasteiger partial charge in [0.05, 0.1) is 11.9 Å².